The van der Waals surface area contributed by atoms with E-state index in [0.29, 0.717) is 24.7 Å². The number of carbonyl (C=O) groups is 1. The molecule has 1 aliphatic heterocycles. The van der Waals surface area contributed by atoms with E-state index in [4.69, 9.17) is 17.0 Å². The van der Waals surface area contributed by atoms with Crippen LogP contribution in [0.1, 0.15) is 56.2 Å². The first-order chi connectivity index (χ1) is 16.3. The number of nitrogens with zero attached hydrogens (tertiary/aromatic N) is 2. The zero-order valence-electron chi connectivity index (χ0n) is 20.1. The molecule has 4 rings (SSSR count). The van der Waals surface area contributed by atoms with E-state index < -0.39 is 5.60 Å². The van der Waals surface area contributed by atoms with Crippen molar-refractivity contribution in [1.82, 2.24) is 25.5 Å². The maximum atomic E-state index is 12.6. The molecule has 1 aromatic carbocycles. The van der Waals surface area contributed by atoms with Crippen molar-refractivity contribution >= 4 is 34.5 Å². The summed E-state index contributed by atoms with van der Waals surface area (Å²) in [6.45, 7) is 8.37. The lowest BCUT2D eigenvalue weighted by atomic mass is 9.87. The first-order valence-corrected chi connectivity index (χ1v) is 12.2. The Morgan fingerprint density at radius 3 is 2.74 bits per heavy atom. The number of nitrogens with one attached hydrogen (secondary N) is 3. The Hall–Kier alpha value is -3.13. The van der Waals surface area contributed by atoms with Gasteiger partial charge in [-0.3, -0.25) is 0 Å². The summed E-state index contributed by atoms with van der Waals surface area (Å²) in [7, 11) is 0. The molecule has 1 aliphatic rings. The predicted molar refractivity (Wildman–Crippen MR) is 139 cm³/mol. The van der Waals surface area contributed by atoms with Gasteiger partial charge in [-0.15, -0.1) is 0 Å². The summed E-state index contributed by atoms with van der Waals surface area (Å²) in [5.74, 6) is 0.277. The van der Waals surface area contributed by atoms with Gasteiger partial charge in [0, 0.05) is 49.9 Å². The number of fused-ring (bicyclic) bond motifs is 1. The van der Waals surface area contributed by atoms with Gasteiger partial charge in [-0.25, -0.2) is 9.78 Å². The largest absolute Gasteiger partial charge is 0.444 e. The molecule has 3 heterocycles. The minimum absolute atomic E-state index is 0.231. The standard InChI is InChI=1S/C26H33N5O2S/c1-26(2,3)33-25(32)31-14-6-8-20(17-31)21-9-5-4-7-18(21)15-29-24(34)30-16-19-10-12-27-23-22(19)11-13-28-23/h4-5,7,9-13,20H,6,8,14-17H2,1-3H3,(H,27,28)(H2,29,30,34). The Bertz CT molecular complexity index is 1150. The van der Waals surface area contributed by atoms with Crippen LogP contribution in [0.2, 0.25) is 0 Å². The molecule has 0 spiro atoms. The van der Waals surface area contributed by atoms with Gasteiger partial charge in [0.25, 0.3) is 0 Å². The Labute approximate surface area is 206 Å². The van der Waals surface area contributed by atoms with Crippen molar-refractivity contribution in [2.45, 2.75) is 58.2 Å². The van der Waals surface area contributed by atoms with Crippen LogP contribution in [0.15, 0.2) is 48.8 Å². The van der Waals surface area contributed by atoms with E-state index in [9.17, 15) is 4.79 Å². The summed E-state index contributed by atoms with van der Waals surface area (Å²) in [6, 6.07) is 12.4. The summed E-state index contributed by atoms with van der Waals surface area (Å²) in [5.41, 5.74) is 3.98. The SMILES string of the molecule is CC(C)(C)OC(=O)N1CCCC(c2ccccc2CNC(=S)NCc2ccnc3[nH]ccc23)C1. The maximum absolute atomic E-state index is 12.6. The zero-order valence-corrected chi connectivity index (χ0v) is 20.9. The number of aromatic nitrogens is 2. The van der Waals surface area contributed by atoms with Gasteiger partial charge < -0.3 is 25.3 Å². The fourth-order valence-electron chi connectivity index (χ4n) is 4.40. The van der Waals surface area contributed by atoms with E-state index in [1.165, 1.54) is 11.1 Å². The van der Waals surface area contributed by atoms with Gasteiger partial charge in [0.15, 0.2) is 5.11 Å². The molecule has 1 unspecified atom stereocenters. The summed E-state index contributed by atoms with van der Waals surface area (Å²) in [6.07, 6.45) is 5.47. The third kappa shape index (κ3) is 6.05. The lowest BCUT2D eigenvalue weighted by Crippen LogP contribution is -2.42. The molecule has 0 bridgehead atoms. The van der Waals surface area contributed by atoms with Gasteiger partial charge in [-0.05, 0) is 74.7 Å². The summed E-state index contributed by atoms with van der Waals surface area (Å²) < 4.78 is 5.60. The Balaban J connectivity index is 1.35. The second kappa shape index (κ2) is 10.4. The Morgan fingerprint density at radius 1 is 1.18 bits per heavy atom. The second-order valence-electron chi connectivity index (χ2n) is 9.71. The first kappa shape index (κ1) is 24.0. The van der Waals surface area contributed by atoms with Gasteiger partial charge >= 0.3 is 6.09 Å². The summed E-state index contributed by atoms with van der Waals surface area (Å²) in [5, 5.41) is 8.35. The number of carbonyl (C=O) groups excluding carboxylic acids is 1. The minimum Gasteiger partial charge on any atom is -0.444 e. The van der Waals surface area contributed by atoms with Crippen molar-refractivity contribution in [3.63, 3.8) is 0 Å². The van der Waals surface area contributed by atoms with Crippen molar-refractivity contribution in [2.75, 3.05) is 13.1 Å². The van der Waals surface area contributed by atoms with Crippen LogP contribution in [0.4, 0.5) is 4.79 Å². The topological polar surface area (TPSA) is 82.3 Å². The number of H-pyrrole nitrogens is 1. The van der Waals surface area contributed by atoms with Gasteiger partial charge in [-0.2, -0.15) is 0 Å². The highest BCUT2D eigenvalue weighted by Crippen LogP contribution is 2.30. The summed E-state index contributed by atoms with van der Waals surface area (Å²) >= 11 is 5.54. The van der Waals surface area contributed by atoms with Crippen LogP contribution in [0.3, 0.4) is 0 Å². The molecule has 3 N–H and O–H groups in total. The maximum Gasteiger partial charge on any atom is 0.410 e. The van der Waals surface area contributed by atoms with E-state index in [-0.39, 0.29) is 12.0 Å². The molecule has 1 fully saturated rings. The number of rotatable bonds is 5. The highest BCUT2D eigenvalue weighted by Gasteiger charge is 2.29. The van der Waals surface area contributed by atoms with Crippen LogP contribution in [-0.2, 0) is 17.8 Å². The molecule has 1 atom stereocenters. The average Bonchev–Trinajstić information content (AvgIpc) is 3.30. The lowest BCUT2D eigenvalue weighted by molar-refractivity contribution is 0.0198. The van der Waals surface area contributed by atoms with Crippen molar-refractivity contribution in [1.29, 1.82) is 0 Å². The molecule has 180 valence electrons. The molecule has 0 aliphatic carbocycles. The Kier molecular flexibility index (Phi) is 7.36. The number of pyridine rings is 1. The van der Waals surface area contributed by atoms with Crippen LogP contribution >= 0.6 is 12.2 Å². The van der Waals surface area contributed by atoms with Crippen molar-refractivity contribution in [2.24, 2.45) is 0 Å². The number of amides is 1. The molecule has 1 saturated heterocycles. The van der Waals surface area contributed by atoms with Crippen LogP contribution in [0.5, 0.6) is 0 Å². The monoisotopic (exact) mass is 479 g/mol. The van der Waals surface area contributed by atoms with E-state index >= 15 is 0 Å². The average molecular weight is 480 g/mol. The first-order valence-electron chi connectivity index (χ1n) is 11.8. The number of ether oxygens (including phenoxy) is 1. The van der Waals surface area contributed by atoms with Gasteiger partial charge in [0.1, 0.15) is 11.2 Å². The van der Waals surface area contributed by atoms with Crippen LogP contribution < -0.4 is 10.6 Å². The molecule has 1 amide bonds. The quantitative estimate of drug-likeness (QED) is 0.454. The zero-order chi connectivity index (χ0) is 24.1. The molecule has 0 saturated carbocycles. The van der Waals surface area contributed by atoms with E-state index in [2.05, 4.69) is 38.8 Å². The molecular formula is C26H33N5O2S. The molecule has 2 aromatic heterocycles. The third-order valence-corrected chi connectivity index (χ3v) is 6.29. The summed E-state index contributed by atoms with van der Waals surface area (Å²) in [4.78, 5) is 21.9. The van der Waals surface area contributed by atoms with Gasteiger partial charge in [0.05, 0.1) is 0 Å². The molecule has 0 radical (unpaired) electrons. The van der Waals surface area contributed by atoms with Crippen LogP contribution in [-0.4, -0.2) is 44.8 Å². The van der Waals surface area contributed by atoms with Crippen molar-refractivity contribution < 1.29 is 9.53 Å². The van der Waals surface area contributed by atoms with Crippen molar-refractivity contribution in [3.8, 4) is 0 Å². The number of likely N-dealkylation sites (tertiary alicyclic amines) is 1. The minimum atomic E-state index is -0.488. The third-order valence-electron chi connectivity index (χ3n) is 6.00. The molecule has 3 aromatic rings. The highest BCUT2D eigenvalue weighted by molar-refractivity contribution is 7.80. The van der Waals surface area contributed by atoms with Gasteiger partial charge in [0.2, 0.25) is 0 Å². The normalized spacial score (nSPS) is 16.3. The number of thiocarbonyl (C=S) groups is 1. The second-order valence-corrected chi connectivity index (χ2v) is 10.1. The van der Waals surface area contributed by atoms with Crippen molar-refractivity contribution in [3.05, 3.63) is 65.5 Å². The van der Waals surface area contributed by atoms with E-state index in [1.54, 1.807) is 6.20 Å². The van der Waals surface area contributed by atoms with Crippen LogP contribution in [0.25, 0.3) is 11.0 Å². The Morgan fingerprint density at radius 2 is 1.94 bits per heavy atom. The number of hydrogen-bond donors (Lipinski definition) is 3. The fraction of sp³-hybridized carbons (Fsp3) is 0.423. The molecular weight excluding hydrogens is 446 g/mol. The number of hydrogen-bond acceptors (Lipinski definition) is 4. The van der Waals surface area contributed by atoms with Gasteiger partial charge in [-0.1, -0.05) is 24.3 Å². The number of aromatic amines is 1. The predicted octanol–water partition coefficient (Wildman–Crippen LogP) is 4.84. The highest BCUT2D eigenvalue weighted by atomic mass is 32.1. The number of piperidine rings is 1. The fourth-order valence-corrected chi connectivity index (χ4v) is 4.55. The number of benzene rings is 1. The van der Waals surface area contributed by atoms with E-state index in [0.717, 1.165) is 36.0 Å². The smallest absolute Gasteiger partial charge is 0.410 e. The lowest BCUT2D eigenvalue weighted by Gasteiger charge is -2.35. The van der Waals surface area contributed by atoms with Crippen LogP contribution in [0, 0.1) is 0 Å². The molecule has 8 heteroatoms. The molecule has 34 heavy (non-hydrogen) atoms. The van der Waals surface area contributed by atoms with E-state index in [1.807, 2.05) is 50.1 Å². The molecule has 7 nitrogen and oxygen atoms in total.